The van der Waals surface area contributed by atoms with Crippen molar-refractivity contribution >= 4 is 5.97 Å². The zero-order valence-electron chi connectivity index (χ0n) is 20.9. The molecule has 0 rings (SSSR count). The van der Waals surface area contributed by atoms with E-state index in [1.807, 2.05) is 0 Å². The average Bonchev–Trinajstić information content (AvgIpc) is 2.77. The molecule has 0 amide bonds. The van der Waals surface area contributed by atoms with Crippen LogP contribution in [-0.4, -0.2) is 35.0 Å². The Morgan fingerprint density at radius 2 is 1.32 bits per heavy atom. The van der Waals surface area contributed by atoms with Crippen LogP contribution in [0.15, 0.2) is 12.2 Å². The summed E-state index contributed by atoms with van der Waals surface area (Å²) in [6, 6.07) is 0. The number of unbranched alkanes of at least 4 members (excludes halogenated alkanes) is 12. The molecule has 0 bridgehead atoms. The van der Waals surface area contributed by atoms with Crippen LogP contribution in [-0.2, 0) is 9.53 Å². The number of hydrogen-bond acceptors (Lipinski definition) is 4. The number of aliphatic hydroxyl groups excluding tert-OH is 1. The highest BCUT2D eigenvalue weighted by atomic mass is 16.5. The van der Waals surface area contributed by atoms with E-state index in [0.29, 0.717) is 12.8 Å². The number of methoxy groups -OCH3 is 1. The second-order valence-electron chi connectivity index (χ2n) is 9.20. The molecule has 2 atom stereocenters. The molecule has 2 N–H and O–H groups in total. The highest BCUT2D eigenvalue weighted by Gasteiger charge is 2.35. The van der Waals surface area contributed by atoms with Crippen molar-refractivity contribution in [3.8, 4) is 0 Å². The quantitative estimate of drug-likeness (QED) is 0.106. The third-order valence-electron chi connectivity index (χ3n) is 6.19. The zero-order valence-corrected chi connectivity index (χ0v) is 20.9. The van der Waals surface area contributed by atoms with Crippen molar-refractivity contribution < 1.29 is 19.7 Å². The van der Waals surface area contributed by atoms with E-state index in [4.69, 9.17) is 4.74 Å². The second-order valence-corrected chi connectivity index (χ2v) is 9.20. The summed E-state index contributed by atoms with van der Waals surface area (Å²) in [5.74, 6) is -0.475. The minimum absolute atomic E-state index is 0.198. The number of carbonyl (C=O) groups is 1. The second kappa shape index (κ2) is 21.0. The molecule has 0 aliphatic carbocycles. The summed E-state index contributed by atoms with van der Waals surface area (Å²) in [5, 5.41) is 20.8. The van der Waals surface area contributed by atoms with Gasteiger partial charge in [-0.25, -0.2) is 4.79 Å². The van der Waals surface area contributed by atoms with Crippen LogP contribution < -0.4 is 0 Å². The van der Waals surface area contributed by atoms with E-state index >= 15 is 0 Å². The smallest absolute Gasteiger partial charge is 0.337 e. The first-order valence-corrected chi connectivity index (χ1v) is 13.1. The van der Waals surface area contributed by atoms with Crippen LogP contribution in [0.1, 0.15) is 136 Å². The predicted octanol–water partition coefficient (Wildman–Crippen LogP) is 7.26. The normalized spacial score (nSPS) is 14.6. The molecule has 0 fully saturated rings. The highest BCUT2D eigenvalue weighted by molar-refractivity contribution is 5.79. The van der Waals surface area contributed by atoms with Gasteiger partial charge < -0.3 is 14.9 Å². The number of ether oxygens (including phenoxy) is 1. The molecule has 4 heteroatoms. The van der Waals surface area contributed by atoms with E-state index in [2.05, 4.69) is 26.0 Å². The largest absolute Gasteiger partial charge is 0.467 e. The molecule has 0 spiro atoms. The van der Waals surface area contributed by atoms with Crippen molar-refractivity contribution in [3.63, 3.8) is 0 Å². The van der Waals surface area contributed by atoms with Gasteiger partial charge in [-0.15, -0.1) is 0 Å². The standard InChI is InChI=1S/C27H52O4/c1-4-6-8-10-15-19-23-27(30,26(29)31-3)24-20-16-13-11-12-14-18-22-25(28)21-17-9-7-5-2/h14,18,25,28,30H,4-13,15-17,19-24H2,1-3H3/t25-,27?/m1/s1. The Bertz CT molecular complexity index is 435. The molecule has 0 heterocycles. The summed E-state index contributed by atoms with van der Waals surface area (Å²) < 4.78 is 4.87. The first-order chi connectivity index (χ1) is 15.0. The van der Waals surface area contributed by atoms with Crippen LogP contribution in [0.25, 0.3) is 0 Å². The van der Waals surface area contributed by atoms with Crippen LogP contribution in [0, 0.1) is 0 Å². The van der Waals surface area contributed by atoms with E-state index in [9.17, 15) is 15.0 Å². The number of esters is 1. The number of carbonyl (C=O) groups excluding carboxylic acids is 1. The van der Waals surface area contributed by atoms with Gasteiger partial charge in [0, 0.05) is 0 Å². The fraction of sp³-hybridized carbons (Fsp3) is 0.889. The van der Waals surface area contributed by atoms with E-state index in [1.165, 1.54) is 52.1 Å². The van der Waals surface area contributed by atoms with Gasteiger partial charge in [-0.1, -0.05) is 96.6 Å². The van der Waals surface area contributed by atoms with Crippen LogP contribution >= 0.6 is 0 Å². The van der Waals surface area contributed by atoms with E-state index < -0.39 is 11.6 Å². The molecule has 1 unspecified atom stereocenters. The first kappa shape index (κ1) is 30.1. The minimum Gasteiger partial charge on any atom is -0.467 e. The SMILES string of the molecule is CCCCCCCCC(O)(CCCCCCC=CC[C@H](O)CCCCCC)C(=O)OC. The zero-order chi connectivity index (χ0) is 23.2. The minimum atomic E-state index is -1.31. The lowest BCUT2D eigenvalue weighted by molar-refractivity contribution is -0.164. The molecule has 0 aromatic carbocycles. The molecule has 0 aliphatic rings. The molecule has 31 heavy (non-hydrogen) atoms. The maximum Gasteiger partial charge on any atom is 0.337 e. The lowest BCUT2D eigenvalue weighted by Crippen LogP contribution is -2.39. The number of hydrogen-bond donors (Lipinski definition) is 2. The van der Waals surface area contributed by atoms with Crippen molar-refractivity contribution in [2.24, 2.45) is 0 Å². The summed E-state index contributed by atoms with van der Waals surface area (Å²) >= 11 is 0. The molecule has 184 valence electrons. The number of rotatable bonds is 22. The van der Waals surface area contributed by atoms with Gasteiger partial charge in [0.15, 0.2) is 5.60 Å². The molecule has 0 aliphatic heterocycles. The molecule has 0 aromatic rings. The fourth-order valence-electron chi connectivity index (χ4n) is 4.05. The van der Waals surface area contributed by atoms with Crippen LogP contribution in [0.3, 0.4) is 0 Å². The summed E-state index contributed by atoms with van der Waals surface area (Å²) in [6.07, 6.45) is 23.6. The molecule has 0 aromatic heterocycles. The third kappa shape index (κ3) is 17.4. The lowest BCUT2D eigenvalue weighted by atomic mass is 9.89. The molecule has 0 radical (unpaired) electrons. The first-order valence-electron chi connectivity index (χ1n) is 13.1. The fourth-order valence-corrected chi connectivity index (χ4v) is 4.05. The molecular formula is C27H52O4. The molecule has 0 saturated carbocycles. The Morgan fingerprint density at radius 1 is 0.806 bits per heavy atom. The summed E-state index contributed by atoms with van der Waals surface area (Å²) in [6.45, 7) is 4.40. The van der Waals surface area contributed by atoms with E-state index in [0.717, 1.165) is 64.2 Å². The van der Waals surface area contributed by atoms with Gasteiger partial charge >= 0.3 is 5.97 Å². The molecule has 0 saturated heterocycles. The Hall–Kier alpha value is -0.870. The number of aliphatic hydroxyl groups is 2. The average molecular weight is 441 g/mol. The van der Waals surface area contributed by atoms with Gasteiger partial charge in [0.05, 0.1) is 13.2 Å². The topological polar surface area (TPSA) is 66.8 Å². The Morgan fingerprint density at radius 3 is 1.90 bits per heavy atom. The maximum absolute atomic E-state index is 12.1. The summed E-state index contributed by atoms with van der Waals surface area (Å²) in [5.41, 5.74) is -1.31. The Kier molecular flexibility index (Phi) is 20.4. The lowest BCUT2D eigenvalue weighted by Gasteiger charge is -2.25. The predicted molar refractivity (Wildman–Crippen MR) is 131 cm³/mol. The Labute approximate surface area is 192 Å². The van der Waals surface area contributed by atoms with Crippen molar-refractivity contribution in [3.05, 3.63) is 12.2 Å². The van der Waals surface area contributed by atoms with Gasteiger partial charge in [0.1, 0.15) is 0 Å². The Balaban J connectivity index is 3.87. The summed E-state index contributed by atoms with van der Waals surface area (Å²) in [7, 11) is 1.36. The van der Waals surface area contributed by atoms with Crippen LogP contribution in [0.2, 0.25) is 0 Å². The summed E-state index contributed by atoms with van der Waals surface area (Å²) in [4.78, 5) is 12.1. The van der Waals surface area contributed by atoms with Crippen molar-refractivity contribution in [2.75, 3.05) is 7.11 Å². The van der Waals surface area contributed by atoms with Crippen molar-refractivity contribution in [1.82, 2.24) is 0 Å². The van der Waals surface area contributed by atoms with Crippen LogP contribution in [0.4, 0.5) is 0 Å². The van der Waals surface area contributed by atoms with E-state index in [1.54, 1.807) is 0 Å². The van der Waals surface area contributed by atoms with Gasteiger partial charge in [0.2, 0.25) is 0 Å². The van der Waals surface area contributed by atoms with Gasteiger partial charge in [-0.2, -0.15) is 0 Å². The monoisotopic (exact) mass is 440 g/mol. The van der Waals surface area contributed by atoms with Gasteiger partial charge in [-0.3, -0.25) is 0 Å². The van der Waals surface area contributed by atoms with Gasteiger partial charge in [-0.05, 0) is 51.4 Å². The molecule has 4 nitrogen and oxygen atoms in total. The highest BCUT2D eigenvalue weighted by Crippen LogP contribution is 2.25. The van der Waals surface area contributed by atoms with Gasteiger partial charge in [0.25, 0.3) is 0 Å². The molecular weight excluding hydrogens is 388 g/mol. The van der Waals surface area contributed by atoms with Crippen LogP contribution in [0.5, 0.6) is 0 Å². The number of allylic oxidation sites excluding steroid dienone is 1. The maximum atomic E-state index is 12.1. The van der Waals surface area contributed by atoms with E-state index in [-0.39, 0.29) is 6.10 Å². The van der Waals surface area contributed by atoms with Crippen molar-refractivity contribution in [2.45, 2.75) is 148 Å². The van der Waals surface area contributed by atoms with Crippen molar-refractivity contribution in [1.29, 1.82) is 0 Å². The third-order valence-corrected chi connectivity index (χ3v) is 6.19.